The van der Waals surface area contributed by atoms with E-state index in [9.17, 15) is 20.4 Å². The molecular weight excluding hydrogens is 388 g/mol. The fraction of sp³-hybridized carbons (Fsp3) is 0.409. The van der Waals surface area contributed by atoms with E-state index in [-0.39, 0.29) is 0 Å². The second kappa shape index (κ2) is 8.60. The van der Waals surface area contributed by atoms with Crippen molar-refractivity contribution in [2.45, 2.75) is 37.1 Å². The van der Waals surface area contributed by atoms with Crippen molar-refractivity contribution in [3.05, 3.63) is 59.2 Å². The van der Waals surface area contributed by atoms with Crippen LogP contribution in [0.5, 0.6) is 5.75 Å². The van der Waals surface area contributed by atoms with Gasteiger partial charge >= 0.3 is 0 Å². The zero-order chi connectivity index (χ0) is 21.3. The number of hydrogen-bond acceptors (Lipinski definition) is 8. The maximum atomic E-state index is 10.4. The minimum atomic E-state index is -1.43. The van der Waals surface area contributed by atoms with Gasteiger partial charge in [0, 0.05) is 6.54 Å². The fourth-order valence-electron chi connectivity index (χ4n) is 3.91. The summed E-state index contributed by atoms with van der Waals surface area (Å²) in [6.07, 6.45) is -6.02. The van der Waals surface area contributed by atoms with Crippen LogP contribution in [-0.2, 0) is 11.3 Å². The van der Waals surface area contributed by atoms with Crippen LogP contribution in [-0.4, -0.2) is 64.6 Å². The molecule has 0 unspecified atom stereocenters. The summed E-state index contributed by atoms with van der Waals surface area (Å²) in [5, 5.41) is 49.0. The van der Waals surface area contributed by atoms with E-state index >= 15 is 0 Å². The zero-order valence-corrected chi connectivity index (χ0v) is 16.3. The van der Waals surface area contributed by atoms with Crippen molar-refractivity contribution in [1.82, 2.24) is 0 Å². The highest BCUT2D eigenvalue weighted by Gasteiger charge is 2.44. The minimum Gasteiger partial charge on any atom is -0.490 e. The van der Waals surface area contributed by atoms with Crippen LogP contribution in [0.3, 0.4) is 0 Å². The third-order valence-corrected chi connectivity index (χ3v) is 5.62. The highest BCUT2D eigenvalue weighted by Crippen LogP contribution is 2.39. The van der Waals surface area contributed by atoms with Crippen LogP contribution < -0.4 is 9.64 Å². The Labute approximate surface area is 174 Å². The molecule has 2 aliphatic heterocycles. The summed E-state index contributed by atoms with van der Waals surface area (Å²) in [4.78, 5) is 2.13. The molecular formula is C22H24N2O6. The Morgan fingerprint density at radius 3 is 2.50 bits per heavy atom. The summed E-state index contributed by atoms with van der Waals surface area (Å²) < 4.78 is 11.4. The molecule has 2 aromatic rings. The van der Waals surface area contributed by atoms with Crippen molar-refractivity contribution in [3.63, 3.8) is 0 Å². The molecule has 4 rings (SSSR count). The van der Waals surface area contributed by atoms with Crippen LogP contribution >= 0.6 is 0 Å². The molecule has 0 aromatic heterocycles. The smallest absolute Gasteiger partial charge is 0.142 e. The molecule has 158 valence electrons. The number of ether oxygens (including phenoxy) is 2. The first-order chi connectivity index (χ1) is 14.5. The first-order valence-electron chi connectivity index (χ1n) is 9.83. The van der Waals surface area contributed by atoms with Crippen molar-refractivity contribution in [2.75, 3.05) is 24.7 Å². The van der Waals surface area contributed by atoms with E-state index in [1.807, 2.05) is 18.2 Å². The van der Waals surface area contributed by atoms with Gasteiger partial charge in [-0.1, -0.05) is 18.2 Å². The number of hydrogen-bond donors (Lipinski definition) is 4. The molecule has 2 aromatic carbocycles. The van der Waals surface area contributed by atoms with Crippen molar-refractivity contribution >= 4 is 5.69 Å². The monoisotopic (exact) mass is 412 g/mol. The first kappa shape index (κ1) is 20.6. The van der Waals surface area contributed by atoms with Gasteiger partial charge in [0.05, 0.1) is 30.5 Å². The third kappa shape index (κ3) is 3.86. The standard InChI is InChI=1S/C22H24N2O6/c23-10-13-1-3-14(4-2-13)11-24-7-8-29-17-6-5-15(9-16(17)24)22-21(28)20(27)19(26)18(12-25)30-22/h1-6,9,18-22,25-28H,7-8,11-12H2/t18-,19-,20+,21-,22+/m1/s1. The molecule has 2 heterocycles. The number of rotatable bonds is 4. The Morgan fingerprint density at radius 2 is 1.80 bits per heavy atom. The second-order valence-corrected chi connectivity index (χ2v) is 7.56. The van der Waals surface area contributed by atoms with Crippen molar-refractivity contribution < 1.29 is 29.9 Å². The summed E-state index contributed by atoms with van der Waals surface area (Å²) in [5.74, 6) is 0.697. The third-order valence-electron chi connectivity index (χ3n) is 5.62. The molecule has 4 N–H and O–H groups in total. The average Bonchev–Trinajstić information content (AvgIpc) is 2.78. The Balaban J connectivity index is 1.61. The summed E-state index contributed by atoms with van der Waals surface area (Å²) >= 11 is 0. The SMILES string of the molecule is N#Cc1ccc(CN2CCOc3ccc([C@@H]4O[C@H](CO)[C@@H](O)[C@H](O)[C@H]4O)cc32)cc1. The van der Waals surface area contributed by atoms with Gasteiger partial charge in [0.2, 0.25) is 0 Å². The van der Waals surface area contributed by atoms with Crippen LogP contribution in [0.4, 0.5) is 5.69 Å². The molecule has 1 saturated heterocycles. The largest absolute Gasteiger partial charge is 0.490 e. The molecule has 5 atom stereocenters. The van der Waals surface area contributed by atoms with Gasteiger partial charge in [-0.25, -0.2) is 0 Å². The number of benzene rings is 2. The number of aliphatic hydroxyl groups excluding tert-OH is 4. The predicted molar refractivity (Wildman–Crippen MR) is 107 cm³/mol. The van der Waals surface area contributed by atoms with E-state index < -0.39 is 37.1 Å². The lowest BCUT2D eigenvalue weighted by molar-refractivity contribution is -0.231. The van der Waals surface area contributed by atoms with Crippen LogP contribution in [0.2, 0.25) is 0 Å². The molecule has 8 heteroatoms. The summed E-state index contributed by atoms with van der Waals surface area (Å²) in [6.45, 7) is 1.33. The highest BCUT2D eigenvalue weighted by atomic mass is 16.5. The lowest BCUT2D eigenvalue weighted by Gasteiger charge is -2.40. The number of nitrogens with zero attached hydrogens (tertiary/aromatic N) is 2. The quantitative estimate of drug-likeness (QED) is 0.571. The van der Waals surface area contributed by atoms with E-state index in [0.717, 1.165) is 11.3 Å². The molecule has 0 amide bonds. The molecule has 8 nitrogen and oxygen atoms in total. The molecule has 0 spiro atoms. The van der Waals surface area contributed by atoms with Gasteiger partial charge in [0.1, 0.15) is 42.9 Å². The van der Waals surface area contributed by atoms with Crippen molar-refractivity contribution in [3.8, 4) is 11.8 Å². The molecule has 0 aliphatic carbocycles. The van der Waals surface area contributed by atoms with Crippen LogP contribution in [0.1, 0.15) is 22.8 Å². The molecule has 0 radical (unpaired) electrons. The fourth-order valence-corrected chi connectivity index (χ4v) is 3.91. The molecule has 1 fully saturated rings. The molecule has 30 heavy (non-hydrogen) atoms. The maximum Gasteiger partial charge on any atom is 0.142 e. The van der Waals surface area contributed by atoms with E-state index in [2.05, 4.69) is 11.0 Å². The van der Waals surface area contributed by atoms with Crippen LogP contribution in [0.15, 0.2) is 42.5 Å². The highest BCUT2D eigenvalue weighted by molar-refractivity contribution is 5.62. The van der Waals surface area contributed by atoms with Gasteiger partial charge in [-0.2, -0.15) is 5.26 Å². The Kier molecular flexibility index (Phi) is 5.90. The maximum absolute atomic E-state index is 10.4. The Morgan fingerprint density at radius 1 is 1.03 bits per heavy atom. The van der Waals surface area contributed by atoms with Gasteiger partial charge in [-0.05, 0) is 35.4 Å². The molecule has 0 saturated carbocycles. The average molecular weight is 412 g/mol. The van der Waals surface area contributed by atoms with Gasteiger partial charge in [-0.3, -0.25) is 0 Å². The van der Waals surface area contributed by atoms with Gasteiger partial charge in [0.15, 0.2) is 0 Å². The summed E-state index contributed by atoms with van der Waals surface area (Å²) in [5.41, 5.74) is 3.08. The van der Waals surface area contributed by atoms with Crippen molar-refractivity contribution in [2.24, 2.45) is 0 Å². The Bertz CT molecular complexity index is 926. The summed E-state index contributed by atoms with van der Waals surface area (Å²) in [6, 6.07) is 14.9. The lowest BCUT2D eigenvalue weighted by Crippen LogP contribution is -2.55. The number of aliphatic hydroxyl groups is 4. The van der Waals surface area contributed by atoms with Gasteiger partial charge in [0.25, 0.3) is 0 Å². The van der Waals surface area contributed by atoms with Gasteiger partial charge < -0.3 is 34.8 Å². The molecule has 2 aliphatic rings. The summed E-state index contributed by atoms with van der Waals surface area (Å²) in [7, 11) is 0. The predicted octanol–water partition coefficient (Wildman–Crippen LogP) is 0.472. The Hall–Kier alpha value is -2.67. The zero-order valence-electron chi connectivity index (χ0n) is 16.3. The van der Waals surface area contributed by atoms with Gasteiger partial charge in [-0.15, -0.1) is 0 Å². The first-order valence-corrected chi connectivity index (χ1v) is 9.83. The second-order valence-electron chi connectivity index (χ2n) is 7.56. The molecule has 0 bridgehead atoms. The van der Waals surface area contributed by atoms with Crippen LogP contribution in [0, 0.1) is 11.3 Å². The minimum absolute atomic E-state index is 0.472. The number of nitriles is 1. The van der Waals surface area contributed by atoms with Crippen LogP contribution in [0.25, 0.3) is 0 Å². The topological polar surface area (TPSA) is 126 Å². The van der Waals surface area contributed by atoms with E-state index in [1.165, 1.54) is 0 Å². The number of anilines is 1. The number of fused-ring (bicyclic) bond motifs is 1. The van der Waals surface area contributed by atoms with Crippen molar-refractivity contribution in [1.29, 1.82) is 5.26 Å². The van der Waals surface area contributed by atoms with E-state index in [1.54, 1.807) is 24.3 Å². The normalized spacial score (nSPS) is 28.4. The lowest BCUT2D eigenvalue weighted by atomic mass is 9.91. The van der Waals surface area contributed by atoms with E-state index in [0.29, 0.717) is 36.6 Å². The van der Waals surface area contributed by atoms with E-state index in [4.69, 9.17) is 14.7 Å².